The number of hydrogen-bond donors (Lipinski definition) is 1. The van der Waals surface area contributed by atoms with Crippen LogP contribution >= 0.6 is 0 Å². The molecule has 2 amide bonds. The van der Waals surface area contributed by atoms with Crippen LogP contribution in [0.15, 0.2) is 29.2 Å². The fourth-order valence-corrected chi connectivity index (χ4v) is 3.24. The molecule has 12 heteroatoms. The van der Waals surface area contributed by atoms with Crippen molar-refractivity contribution < 1.29 is 27.5 Å². The number of nitrogens with one attached hydrogen (secondary N) is 1. The van der Waals surface area contributed by atoms with Crippen molar-refractivity contribution in [3.05, 3.63) is 35.7 Å². The number of nitrogens with zero attached hydrogens (tertiary/aromatic N) is 4. The molecule has 0 saturated carbocycles. The lowest BCUT2D eigenvalue weighted by atomic mass is 10.2. The molecule has 0 aliphatic carbocycles. The maximum Gasteiger partial charge on any atom is 0.339 e. The average Bonchev–Trinajstić information content (AvgIpc) is 2.66. The molecule has 0 aliphatic heterocycles. The number of anilines is 1. The van der Waals surface area contributed by atoms with Crippen LogP contribution in [0.25, 0.3) is 0 Å². The van der Waals surface area contributed by atoms with Crippen molar-refractivity contribution >= 4 is 28.0 Å². The van der Waals surface area contributed by atoms with Gasteiger partial charge in [-0.2, -0.15) is 15.0 Å². The number of amides is 2. The second kappa shape index (κ2) is 7.95. The second-order valence-corrected chi connectivity index (χ2v) is 7.02. The average molecular weight is 395 g/mol. The summed E-state index contributed by atoms with van der Waals surface area (Å²) < 4.78 is 35.4. The number of carbonyl (C=O) groups is 2. The summed E-state index contributed by atoms with van der Waals surface area (Å²) in [6.07, 6.45) is 0. The number of carbonyl (C=O) groups excluding carboxylic acids is 2. The lowest BCUT2D eigenvalue weighted by Crippen LogP contribution is -2.37. The SMILES string of the molecule is COC(=O)c1ccccc1S(=O)(=O)N(C)C(=O)Nc1nc(C)nc(OC)n1. The van der Waals surface area contributed by atoms with Crippen LogP contribution in [0.5, 0.6) is 6.01 Å². The molecule has 0 unspecified atom stereocenters. The highest BCUT2D eigenvalue weighted by molar-refractivity contribution is 7.89. The van der Waals surface area contributed by atoms with Crippen molar-refractivity contribution in [1.82, 2.24) is 19.3 Å². The van der Waals surface area contributed by atoms with E-state index in [-0.39, 0.29) is 28.2 Å². The van der Waals surface area contributed by atoms with Crippen LogP contribution < -0.4 is 10.1 Å². The van der Waals surface area contributed by atoms with Gasteiger partial charge in [-0.3, -0.25) is 5.32 Å². The largest absolute Gasteiger partial charge is 0.467 e. The van der Waals surface area contributed by atoms with E-state index < -0.39 is 22.0 Å². The van der Waals surface area contributed by atoms with Crippen LogP contribution in [0.1, 0.15) is 16.2 Å². The molecule has 1 N–H and O–H groups in total. The normalized spacial score (nSPS) is 10.8. The van der Waals surface area contributed by atoms with Crippen LogP contribution in [0.4, 0.5) is 10.7 Å². The number of hydrogen-bond acceptors (Lipinski definition) is 9. The number of urea groups is 1. The standard InChI is InChI=1S/C15H17N5O6S/c1-9-16-13(18-14(17-9)26-4)19-15(22)20(2)27(23,24)11-8-6-5-7-10(11)12(21)25-3/h5-8H,1-4H3,(H,16,17,18,19,22). The van der Waals surface area contributed by atoms with Gasteiger partial charge >= 0.3 is 18.0 Å². The molecule has 1 aromatic heterocycles. The van der Waals surface area contributed by atoms with Gasteiger partial charge in [0.25, 0.3) is 10.0 Å². The Labute approximate surface area is 155 Å². The van der Waals surface area contributed by atoms with Gasteiger partial charge in [-0.1, -0.05) is 12.1 Å². The zero-order valence-corrected chi connectivity index (χ0v) is 15.8. The molecule has 1 heterocycles. The third-order valence-electron chi connectivity index (χ3n) is 3.34. The summed E-state index contributed by atoms with van der Waals surface area (Å²) in [7, 11) is -0.862. The van der Waals surface area contributed by atoms with Gasteiger partial charge in [-0.05, 0) is 19.1 Å². The van der Waals surface area contributed by atoms with Gasteiger partial charge in [0.15, 0.2) is 0 Å². The van der Waals surface area contributed by atoms with E-state index in [1.54, 1.807) is 6.92 Å². The molecule has 0 fully saturated rings. The molecular formula is C15H17N5O6S. The number of methoxy groups -OCH3 is 2. The number of benzene rings is 1. The Kier molecular flexibility index (Phi) is 5.90. The first-order chi connectivity index (χ1) is 12.7. The van der Waals surface area contributed by atoms with Gasteiger partial charge in [-0.25, -0.2) is 22.3 Å². The zero-order chi connectivity index (χ0) is 20.2. The maximum atomic E-state index is 12.8. The number of aromatic nitrogens is 3. The van der Waals surface area contributed by atoms with Crippen molar-refractivity contribution in [2.45, 2.75) is 11.8 Å². The third-order valence-corrected chi connectivity index (χ3v) is 5.14. The molecule has 144 valence electrons. The molecule has 0 atom stereocenters. The van der Waals surface area contributed by atoms with Gasteiger partial charge in [0.2, 0.25) is 5.95 Å². The number of rotatable bonds is 5. The first-order valence-electron chi connectivity index (χ1n) is 7.44. The number of aryl methyl sites for hydroxylation is 1. The first kappa shape index (κ1) is 20.0. The summed E-state index contributed by atoms with van der Waals surface area (Å²) in [5.74, 6) is -0.771. The smallest absolute Gasteiger partial charge is 0.339 e. The van der Waals surface area contributed by atoms with E-state index in [2.05, 4.69) is 25.0 Å². The highest BCUT2D eigenvalue weighted by atomic mass is 32.2. The Morgan fingerprint density at radius 2 is 1.78 bits per heavy atom. The van der Waals surface area contributed by atoms with Crippen LogP contribution in [0.2, 0.25) is 0 Å². The Morgan fingerprint density at radius 3 is 2.41 bits per heavy atom. The molecular weight excluding hydrogens is 378 g/mol. The summed E-state index contributed by atoms with van der Waals surface area (Å²) in [4.78, 5) is 35.4. The molecule has 0 bridgehead atoms. The molecule has 11 nitrogen and oxygen atoms in total. The van der Waals surface area contributed by atoms with Gasteiger partial charge in [-0.15, -0.1) is 0 Å². The molecule has 27 heavy (non-hydrogen) atoms. The second-order valence-electron chi connectivity index (χ2n) is 5.08. The van der Waals surface area contributed by atoms with Gasteiger partial charge < -0.3 is 9.47 Å². The zero-order valence-electron chi connectivity index (χ0n) is 15.0. The lowest BCUT2D eigenvalue weighted by Gasteiger charge is -2.19. The van der Waals surface area contributed by atoms with E-state index in [0.29, 0.717) is 4.31 Å². The Morgan fingerprint density at radius 1 is 1.11 bits per heavy atom. The van der Waals surface area contributed by atoms with Crippen molar-refractivity contribution in [1.29, 1.82) is 0 Å². The minimum absolute atomic E-state index is 0.0423. The van der Waals surface area contributed by atoms with E-state index in [9.17, 15) is 18.0 Å². The van der Waals surface area contributed by atoms with Gasteiger partial charge in [0, 0.05) is 7.05 Å². The molecule has 1 aromatic carbocycles. The van der Waals surface area contributed by atoms with Crippen LogP contribution in [-0.4, -0.2) is 60.9 Å². The lowest BCUT2D eigenvalue weighted by molar-refractivity contribution is 0.0596. The summed E-state index contributed by atoms with van der Waals surface area (Å²) in [5, 5.41) is 2.25. The highest BCUT2D eigenvalue weighted by Gasteiger charge is 2.30. The van der Waals surface area contributed by atoms with Gasteiger partial charge in [0.1, 0.15) is 10.7 Å². The van der Waals surface area contributed by atoms with Crippen LogP contribution in [-0.2, 0) is 14.8 Å². The molecule has 2 rings (SSSR count). The fraction of sp³-hybridized carbons (Fsp3) is 0.267. The van der Waals surface area contributed by atoms with Crippen LogP contribution in [0.3, 0.4) is 0 Å². The monoisotopic (exact) mass is 395 g/mol. The van der Waals surface area contributed by atoms with E-state index in [4.69, 9.17) is 4.74 Å². The predicted molar refractivity (Wildman–Crippen MR) is 92.9 cm³/mol. The molecule has 0 aliphatic rings. The molecule has 0 spiro atoms. The summed E-state index contributed by atoms with van der Waals surface area (Å²) in [6.45, 7) is 1.55. The third kappa shape index (κ3) is 4.28. The molecule has 2 aromatic rings. The quantitative estimate of drug-likeness (QED) is 0.729. The van der Waals surface area contributed by atoms with Crippen molar-refractivity contribution in [2.24, 2.45) is 0 Å². The van der Waals surface area contributed by atoms with E-state index >= 15 is 0 Å². The highest BCUT2D eigenvalue weighted by Crippen LogP contribution is 2.21. The fourth-order valence-electron chi connectivity index (χ4n) is 2.01. The number of ether oxygens (including phenoxy) is 2. The Bertz CT molecular complexity index is 978. The minimum Gasteiger partial charge on any atom is -0.467 e. The predicted octanol–water partition coefficient (Wildman–Crippen LogP) is 0.828. The topological polar surface area (TPSA) is 141 Å². The van der Waals surface area contributed by atoms with E-state index in [1.807, 2.05) is 0 Å². The molecule has 0 radical (unpaired) electrons. The van der Waals surface area contributed by atoms with E-state index in [0.717, 1.165) is 14.2 Å². The number of esters is 1. The summed E-state index contributed by atoms with van der Waals surface area (Å²) in [5.41, 5.74) is -0.197. The maximum absolute atomic E-state index is 12.8. The van der Waals surface area contributed by atoms with Crippen molar-refractivity contribution in [3.8, 4) is 6.01 Å². The van der Waals surface area contributed by atoms with Gasteiger partial charge in [0.05, 0.1) is 19.8 Å². The summed E-state index contributed by atoms with van der Waals surface area (Å²) in [6, 6.07) is 4.30. The van der Waals surface area contributed by atoms with E-state index in [1.165, 1.54) is 31.4 Å². The van der Waals surface area contributed by atoms with Crippen molar-refractivity contribution in [2.75, 3.05) is 26.6 Å². The first-order valence-corrected chi connectivity index (χ1v) is 8.88. The number of sulfonamides is 1. The Hall–Kier alpha value is -3.28. The Balaban J connectivity index is 2.34. The molecule has 0 saturated heterocycles. The summed E-state index contributed by atoms with van der Waals surface area (Å²) >= 11 is 0. The van der Waals surface area contributed by atoms with Crippen molar-refractivity contribution in [3.63, 3.8) is 0 Å². The minimum atomic E-state index is -4.35. The van der Waals surface area contributed by atoms with Crippen LogP contribution in [0, 0.1) is 6.92 Å².